The largest absolute Gasteiger partial charge is 0.493 e. The molecule has 1 unspecified atom stereocenters. The van der Waals surface area contributed by atoms with Gasteiger partial charge >= 0.3 is 0 Å². The molecule has 138 valence electrons. The van der Waals surface area contributed by atoms with Crippen LogP contribution in [-0.4, -0.2) is 32.4 Å². The van der Waals surface area contributed by atoms with Crippen molar-refractivity contribution in [2.45, 2.75) is 20.0 Å². The molecule has 1 amide bonds. The van der Waals surface area contributed by atoms with Crippen molar-refractivity contribution in [3.8, 4) is 17.2 Å². The molecule has 2 rings (SSSR count). The molecular weight excluding hydrogens is 356 g/mol. The molecule has 7 heteroatoms. The van der Waals surface area contributed by atoms with Gasteiger partial charge in [0, 0.05) is 10.6 Å². The van der Waals surface area contributed by atoms with Crippen LogP contribution in [-0.2, 0) is 4.79 Å². The Morgan fingerprint density at radius 2 is 1.96 bits per heavy atom. The fourth-order valence-electron chi connectivity index (χ4n) is 2.26. The summed E-state index contributed by atoms with van der Waals surface area (Å²) in [6.45, 7) is 3.50. The van der Waals surface area contributed by atoms with Crippen LogP contribution in [0.2, 0.25) is 5.02 Å². The van der Waals surface area contributed by atoms with E-state index in [4.69, 9.17) is 25.8 Å². The van der Waals surface area contributed by atoms with E-state index in [1.165, 1.54) is 13.3 Å². The molecule has 0 radical (unpaired) electrons. The molecule has 0 aliphatic rings. The van der Waals surface area contributed by atoms with Gasteiger partial charge in [-0.1, -0.05) is 17.7 Å². The van der Waals surface area contributed by atoms with Crippen LogP contribution in [0.15, 0.2) is 41.5 Å². The van der Waals surface area contributed by atoms with Crippen molar-refractivity contribution in [2.24, 2.45) is 5.10 Å². The van der Waals surface area contributed by atoms with Crippen LogP contribution in [0.4, 0.5) is 0 Å². The van der Waals surface area contributed by atoms with Crippen molar-refractivity contribution in [3.05, 3.63) is 52.5 Å². The highest BCUT2D eigenvalue weighted by atomic mass is 35.5. The minimum absolute atomic E-state index is 0.377. The minimum Gasteiger partial charge on any atom is -0.493 e. The first-order valence-electron chi connectivity index (χ1n) is 7.93. The van der Waals surface area contributed by atoms with E-state index in [2.05, 4.69) is 10.5 Å². The van der Waals surface area contributed by atoms with Crippen LogP contribution < -0.4 is 19.6 Å². The maximum atomic E-state index is 12.2. The maximum Gasteiger partial charge on any atom is 0.280 e. The monoisotopic (exact) mass is 376 g/mol. The predicted molar refractivity (Wildman–Crippen MR) is 102 cm³/mol. The van der Waals surface area contributed by atoms with Crippen molar-refractivity contribution in [1.82, 2.24) is 5.43 Å². The molecule has 2 aromatic rings. The number of ether oxygens (including phenoxy) is 3. The van der Waals surface area contributed by atoms with E-state index in [1.54, 1.807) is 50.4 Å². The summed E-state index contributed by atoms with van der Waals surface area (Å²) in [6.07, 6.45) is 0.763. The maximum absolute atomic E-state index is 12.2. The van der Waals surface area contributed by atoms with Crippen molar-refractivity contribution in [3.63, 3.8) is 0 Å². The number of benzene rings is 2. The van der Waals surface area contributed by atoms with Gasteiger partial charge in [0.15, 0.2) is 17.6 Å². The topological polar surface area (TPSA) is 69.2 Å². The zero-order chi connectivity index (χ0) is 19.1. The number of carbonyl (C=O) groups is 1. The number of nitrogens with zero attached hydrogens (tertiary/aromatic N) is 1. The van der Waals surface area contributed by atoms with Gasteiger partial charge in [0.1, 0.15) is 5.75 Å². The molecule has 0 fully saturated rings. The third kappa shape index (κ3) is 4.89. The van der Waals surface area contributed by atoms with Gasteiger partial charge in [0.25, 0.3) is 5.91 Å². The number of halogens is 1. The van der Waals surface area contributed by atoms with E-state index in [-0.39, 0.29) is 5.91 Å². The Kier molecular flexibility index (Phi) is 6.86. The lowest BCUT2D eigenvalue weighted by atomic mass is 10.2. The third-order valence-corrected chi connectivity index (χ3v) is 3.86. The summed E-state index contributed by atoms with van der Waals surface area (Å²) >= 11 is 5.92. The van der Waals surface area contributed by atoms with Crippen molar-refractivity contribution >= 4 is 23.7 Å². The molecule has 0 bridgehead atoms. The van der Waals surface area contributed by atoms with E-state index in [0.717, 1.165) is 5.56 Å². The molecule has 6 nitrogen and oxygen atoms in total. The standard InChI is InChI=1S/C19H21ClN2O4/c1-12-10-15(20)8-9-16(12)26-13(2)19(23)22-21-11-14-6-5-7-17(24-3)18(14)25-4/h5-11,13H,1-4H3,(H,22,23)/b21-11+. The molecule has 2 aromatic carbocycles. The highest BCUT2D eigenvalue weighted by Gasteiger charge is 2.15. The van der Waals surface area contributed by atoms with Gasteiger partial charge in [-0.2, -0.15) is 5.10 Å². The number of hydrogen-bond donors (Lipinski definition) is 1. The molecule has 0 spiro atoms. The molecule has 0 aliphatic carbocycles. The van der Waals surface area contributed by atoms with E-state index < -0.39 is 6.10 Å². The number of carbonyl (C=O) groups excluding carboxylic acids is 1. The molecule has 0 heterocycles. The SMILES string of the molecule is COc1cccc(/C=N/NC(=O)C(C)Oc2ccc(Cl)cc2C)c1OC. The normalized spacial score (nSPS) is 11.9. The first-order chi connectivity index (χ1) is 12.5. The molecule has 1 N–H and O–H groups in total. The van der Waals surface area contributed by atoms with Crippen LogP contribution in [0.25, 0.3) is 0 Å². The lowest BCUT2D eigenvalue weighted by Gasteiger charge is -2.15. The van der Waals surface area contributed by atoms with Gasteiger partial charge in [-0.05, 0) is 49.7 Å². The zero-order valence-corrected chi connectivity index (χ0v) is 15.8. The molecule has 0 saturated heterocycles. The summed E-state index contributed by atoms with van der Waals surface area (Å²) in [6, 6.07) is 10.6. The average molecular weight is 377 g/mol. The van der Waals surface area contributed by atoms with E-state index in [9.17, 15) is 4.79 Å². The minimum atomic E-state index is -0.723. The molecule has 0 aliphatic heterocycles. The highest BCUT2D eigenvalue weighted by Crippen LogP contribution is 2.29. The first kappa shape index (κ1) is 19.6. The van der Waals surface area contributed by atoms with Gasteiger partial charge in [-0.3, -0.25) is 4.79 Å². The van der Waals surface area contributed by atoms with Crippen LogP contribution in [0, 0.1) is 6.92 Å². The Morgan fingerprint density at radius 1 is 1.19 bits per heavy atom. The zero-order valence-electron chi connectivity index (χ0n) is 15.1. The third-order valence-electron chi connectivity index (χ3n) is 3.62. The predicted octanol–water partition coefficient (Wildman–Crippen LogP) is 3.58. The number of hydrogen-bond acceptors (Lipinski definition) is 5. The van der Waals surface area contributed by atoms with Crippen LogP contribution in [0.1, 0.15) is 18.1 Å². The Balaban J connectivity index is 2.00. The summed E-state index contributed by atoms with van der Waals surface area (Å²) in [5.74, 6) is 1.33. The average Bonchev–Trinajstić information content (AvgIpc) is 2.63. The van der Waals surface area contributed by atoms with Crippen molar-refractivity contribution < 1.29 is 19.0 Å². The smallest absolute Gasteiger partial charge is 0.280 e. The number of hydrazone groups is 1. The molecule has 1 atom stereocenters. The number of methoxy groups -OCH3 is 2. The highest BCUT2D eigenvalue weighted by molar-refractivity contribution is 6.30. The second-order valence-electron chi connectivity index (χ2n) is 5.49. The lowest BCUT2D eigenvalue weighted by Crippen LogP contribution is -2.33. The van der Waals surface area contributed by atoms with Gasteiger partial charge < -0.3 is 14.2 Å². The van der Waals surface area contributed by atoms with Crippen molar-refractivity contribution in [2.75, 3.05) is 14.2 Å². The van der Waals surface area contributed by atoms with E-state index >= 15 is 0 Å². The first-order valence-corrected chi connectivity index (χ1v) is 8.30. The second-order valence-corrected chi connectivity index (χ2v) is 5.92. The lowest BCUT2D eigenvalue weighted by molar-refractivity contribution is -0.127. The van der Waals surface area contributed by atoms with Gasteiger partial charge in [-0.25, -0.2) is 5.43 Å². The number of amides is 1. The summed E-state index contributed by atoms with van der Waals surface area (Å²) in [4.78, 5) is 12.2. The van der Waals surface area contributed by atoms with Crippen LogP contribution >= 0.6 is 11.6 Å². The molecule has 0 aromatic heterocycles. The van der Waals surface area contributed by atoms with Gasteiger partial charge in [0.05, 0.1) is 20.4 Å². The second kappa shape index (κ2) is 9.10. The summed E-state index contributed by atoms with van der Waals surface area (Å²) < 4.78 is 16.2. The fraction of sp³-hybridized carbons (Fsp3) is 0.263. The molecule has 0 saturated carbocycles. The molecule has 26 heavy (non-hydrogen) atoms. The fourth-order valence-corrected chi connectivity index (χ4v) is 2.49. The number of para-hydroxylation sites is 1. The van der Waals surface area contributed by atoms with Crippen molar-refractivity contribution in [1.29, 1.82) is 0 Å². The van der Waals surface area contributed by atoms with E-state index in [0.29, 0.717) is 27.8 Å². The van der Waals surface area contributed by atoms with Gasteiger partial charge in [0.2, 0.25) is 0 Å². The van der Waals surface area contributed by atoms with Crippen LogP contribution in [0.5, 0.6) is 17.2 Å². The van der Waals surface area contributed by atoms with Gasteiger partial charge in [-0.15, -0.1) is 0 Å². The summed E-state index contributed by atoms with van der Waals surface area (Å²) in [5.41, 5.74) is 3.98. The molecular formula is C19H21ClN2O4. The summed E-state index contributed by atoms with van der Waals surface area (Å²) in [7, 11) is 3.09. The Bertz CT molecular complexity index is 808. The summed E-state index contributed by atoms with van der Waals surface area (Å²) in [5, 5.41) is 4.58. The Hall–Kier alpha value is -2.73. The Morgan fingerprint density at radius 3 is 2.62 bits per heavy atom. The quantitative estimate of drug-likeness (QED) is 0.592. The van der Waals surface area contributed by atoms with Crippen LogP contribution in [0.3, 0.4) is 0 Å². The van der Waals surface area contributed by atoms with E-state index in [1.807, 2.05) is 6.92 Å². The number of rotatable bonds is 7. The Labute approximate surface area is 157 Å². The number of nitrogens with one attached hydrogen (secondary N) is 1. The number of aryl methyl sites for hydroxylation is 1.